The fraction of sp³-hybridized carbons (Fsp3) is 0.273. The Morgan fingerprint density at radius 3 is 2.42 bits per heavy atom. The minimum Gasteiger partial charge on any atom is -0.474 e. The van der Waals surface area contributed by atoms with Crippen LogP contribution in [-0.4, -0.2) is 28.8 Å². The van der Waals surface area contributed by atoms with E-state index in [2.05, 4.69) is 15.9 Å². The smallest absolute Gasteiger partial charge is 0.429 e. The second-order valence-corrected chi connectivity index (χ2v) is 4.72. The van der Waals surface area contributed by atoms with E-state index in [1.807, 2.05) is 0 Å². The van der Waals surface area contributed by atoms with Crippen molar-refractivity contribution in [3.63, 3.8) is 0 Å². The van der Waals surface area contributed by atoms with Crippen molar-refractivity contribution in [3.05, 3.63) is 33.6 Å². The number of hydrogen-bond acceptors (Lipinski definition) is 3. The molecule has 0 fully saturated rings. The molecule has 1 aromatic carbocycles. The van der Waals surface area contributed by atoms with Crippen molar-refractivity contribution in [2.24, 2.45) is 0 Å². The molecule has 1 aliphatic heterocycles. The number of rotatable bonds is 1. The molecule has 19 heavy (non-hydrogen) atoms. The molecule has 0 spiro atoms. The van der Waals surface area contributed by atoms with Crippen LogP contribution in [0, 0.1) is 5.82 Å². The van der Waals surface area contributed by atoms with Crippen molar-refractivity contribution in [1.82, 2.24) is 0 Å². The third-order valence-electron chi connectivity index (χ3n) is 2.49. The van der Waals surface area contributed by atoms with Crippen molar-refractivity contribution >= 4 is 22.0 Å². The third-order valence-corrected chi connectivity index (χ3v) is 3.08. The monoisotopic (exact) mass is 342 g/mol. The minimum atomic E-state index is -4.82. The van der Waals surface area contributed by atoms with Crippen LogP contribution < -0.4 is 4.74 Å². The molecule has 0 saturated carbocycles. The Labute approximate surface area is 113 Å². The topological polar surface area (TPSA) is 49.7 Å². The zero-order valence-electron chi connectivity index (χ0n) is 9.08. The lowest BCUT2D eigenvalue weighted by atomic mass is 10.0. The number of aliphatic hydroxyl groups is 2. The van der Waals surface area contributed by atoms with Gasteiger partial charge in [0.1, 0.15) is 11.6 Å². The highest BCUT2D eigenvalue weighted by molar-refractivity contribution is 9.10. The molecule has 1 aliphatic rings. The summed E-state index contributed by atoms with van der Waals surface area (Å²) in [5.41, 5.74) is -0.798. The second kappa shape index (κ2) is 4.77. The highest BCUT2D eigenvalue weighted by atomic mass is 79.9. The van der Waals surface area contributed by atoms with Crippen molar-refractivity contribution < 1.29 is 32.5 Å². The highest BCUT2D eigenvalue weighted by Crippen LogP contribution is 2.41. The standard InChI is InChI=1S/C11H7BrF4O3/c12-7-3-5(13)1-4-2-6(10(17)18)9(11(14,15)16)19-8(4)7/h1-3,9-10,17-18H. The Kier molecular flexibility index (Phi) is 3.59. The Balaban J connectivity index is 2.58. The summed E-state index contributed by atoms with van der Waals surface area (Å²) in [4.78, 5) is 0. The fourth-order valence-corrected chi connectivity index (χ4v) is 2.26. The van der Waals surface area contributed by atoms with Gasteiger partial charge in [0.05, 0.1) is 4.47 Å². The van der Waals surface area contributed by atoms with Crippen molar-refractivity contribution in [2.75, 3.05) is 0 Å². The number of aliphatic hydroxyl groups excluding tert-OH is 1. The van der Waals surface area contributed by atoms with Gasteiger partial charge in [-0.1, -0.05) is 0 Å². The van der Waals surface area contributed by atoms with E-state index in [0.29, 0.717) is 0 Å². The van der Waals surface area contributed by atoms with Crippen LogP contribution in [0.4, 0.5) is 17.6 Å². The molecule has 1 unspecified atom stereocenters. The molecule has 2 rings (SSSR count). The zero-order chi connectivity index (χ0) is 14.4. The van der Waals surface area contributed by atoms with Gasteiger partial charge in [-0.2, -0.15) is 13.2 Å². The van der Waals surface area contributed by atoms with Gasteiger partial charge in [-0.05, 0) is 34.1 Å². The molecule has 1 heterocycles. The summed E-state index contributed by atoms with van der Waals surface area (Å²) < 4.78 is 56.2. The van der Waals surface area contributed by atoms with Crippen molar-refractivity contribution in [3.8, 4) is 5.75 Å². The number of fused-ring (bicyclic) bond motifs is 1. The summed E-state index contributed by atoms with van der Waals surface area (Å²) in [5, 5.41) is 18.0. The first kappa shape index (κ1) is 14.3. The molecule has 0 aromatic heterocycles. The number of ether oxygens (including phenoxy) is 1. The molecule has 3 nitrogen and oxygen atoms in total. The summed E-state index contributed by atoms with van der Waals surface area (Å²) in [6.45, 7) is 0. The average molecular weight is 343 g/mol. The average Bonchev–Trinajstić information content (AvgIpc) is 2.25. The van der Waals surface area contributed by atoms with Gasteiger partial charge >= 0.3 is 6.18 Å². The van der Waals surface area contributed by atoms with Crippen LogP contribution in [0.2, 0.25) is 0 Å². The maximum atomic E-state index is 13.2. The van der Waals surface area contributed by atoms with Gasteiger partial charge in [-0.3, -0.25) is 0 Å². The Bertz CT molecular complexity index is 539. The minimum absolute atomic E-state index is 0.00419. The van der Waals surface area contributed by atoms with Gasteiger partial charge < -0.3 is 14.9 Å². The van der Waals surface area contributed by atoms with Crippen LogP contribution in [0.3, 0.4) is 0 Å². The molecule has 104 valence electrons. The summed E-state index contributed by atoms with van der Waals surface area (Å²) in [5.74, 6) is -0.893. The first-order valence-corrected chi connectivity index (χ1v) is 5.79. The van der Waals surface area contributed by atoms with E-state index in [9.17, 15) is 17.6 Å². The zero-order valence-corrected chi connectivity index (χ0v) is 10.7. The SMILES string of the molecule is OC(O)C1=Cc2cc(F)cc(Br)c2OC1C(F)(F)F. The molecular formula is C11H7BrF4O3. The molecular weight excluding hydrogens is 336 g/mol. The summed E-state index contributed by atoms with van der Waals surface area (Å²) in [6.07, 6.45) is -8.79. The van der Waals surface area contributed by atoms with Crippen LogP contribution in [0.5, 0.6) is 5.75 Å². The van der Waals surface area contributed by atoms with Crippen molar-refractivity contribution in [1.29, 1.82) is 0 Å². The first-order chi connectivity index (χ1) is 8.70. The molecule has 0 radical (unpaired) electrons. The van der Waals surface area contributed by atoms with E-state index >= 15 is 0 Å². The quantitative estimate of drug-likeness (QED) is 0.609. The second-order valence-electron chi connectivity index (χ2n) is 3.86. The van der Waals surface area contributed by atoms with Gasteiger partial charge in [-0.15, -0.1) is 0 Å². The van der Waals surface area contributed by atoms with Gasteiger partial charge in [0.25, 0.3) is 0 Å². The van der Waals surface area contributed by atoms with E-state index in [1.54, 1.807) is 0 Å². The molecule has 0 saturated heterocycles. The fourth-order valence-electron chi connectivity index (χ4n) is 1.72. The lowest BCUT2D eigenvalue weighted by molar-refractivity contribution is -0.192. The lowest BCUT2D eigenvalue weighted by Crippen LogP contribution is -2.41. The van der Waals surface area contributed by atoms with Crippen LogP contribution in [0.15, 0.2) is 22.2 Å². The molecule has 0 aliphatic carbocycles. The van der Waals surface area contributed by atoms with Crippen LogP contribution >= 0.6 is 15.9 Å². The molecule has 1 atom stereocenters. The maximum absolute atomic E-state index is 13.2. The van der Waals surface area contributed by atoms with Gasteiger partial charge in [0.15, 0.2) is 6.29 Å². The van der Waals surface area contributed by atoms with E-state index in [1.165, 1.54) is 0 Å². The molecule has 8 heteroatoms. The largest absolute Gasteiger partial charge is 0.474 e. The van der Waals surface area contributed by atoms with Crippen molar-refractivity contribution in [2.45, 2.75) is 18.6 Å². The lowest BCUT2D eigenvalue weighted by Gasteiger charge is -2.30. The highest BCUT2D eigenvalue weighted by Gasteiger charge is 2.48. The van der Waals surface area contributed by atoms with E-state index < -0.39 is 30.0 Å². The number of halogens is 5. The number of hydrogen-bond donors (Lipinski definition) is 2. The van der Waals surface area contributed by atoms with Crippen LogP contribution in [-0.2, 0) is 0 Å². The third kappa shape index (κ3) is 2.75. The van der Waals surface area contributed by atoms with Crippen LogP contribution in [0.25, 0.3) is 6.08 Å². The Morgan fingerprint density at radius 1 is 1.26 bits per heavy atom. The van der Waals surface area contributed by atoms with E-state index in [4.69, 9.17) is 14.9 Å². The first-order valence-electron chi connectivity index (χ1n) is 5.00. The normalized spacial score (nSPS) is 18.9. The van der Waals surface area contributed by atoms with Gasteiger partial charge in [0.2, 0.25) is 6.10 Å². The Morgan fingerprint density at radius 2 is 1.89 bits per heavy atom. The van der Waals surface area contributed by atoms with Gasteiger partial charge in [-0.25, -0.2) is 4.39 Å². The molecule has 0 bridgehead atoms. The Hall–Kier alpha value is -1.12. The molecule has 1 aromatic rings. The molecule has 2 N–H and O–H groups in total. The maximum Gasteiger partial charge on any atom is 0.429 e. The molecule has 0 amide bonds. The predicted octanol–water partition coefficient (Wildman–Crippen LogP) is 2.61. The number of alkyl halides is 3. The van der Waals surface area contributed by atoms with E-state index in [-0.39, 0.29) is 15.8 Å². The summed E-state index contributed by atoms with van der Waals surface area (Å²) >= 11 is 2.90. The summed E-state index contributed by atoms with van der Waals surface area (Å²) in [7, 11) is 0. The number of benzene rings is 1. The van der Waals surface area contributed by atoms with Crippen LogP contribution in [0.1, 0.15) is 5.56 Å². The van der Waals surface area contributed by atoms with Gasteiger partial charge in [0, 0.05) is 11.1 Å². The van der Waals surface area contributed by atoms with E-state index in [0.717, 1.165) is 18.2 Å². The predicted molar refractivity (Wildman–Crippen MR) is 60.8 cm³/mol. The summed E-state index contributed by atoms with van der Waals surface area (Å²) in [6, 6.07) is 1.90.